The van der Waals surface area contributed by atoms with Crippen molar-refractivity contribution in [3.05, 3.63) is 81.9 Å². The summed E-state index contributed by atoms with van der Waals surface area (Å²) >= 11 is 0. The topological polar surface area (TPSA) is 89.3 Å². The highest BCUT2D eigenvalue weighted by Crippen LogP contribution is 2.18. The number of rotatable bonds is 8. The van der Waals surface area contributed by atoms with Gasteiger partial charge in [-0.25, -0.2) is 0 Å². The molecule has 0 saturated heterocycles. The molecule has 29 heavy (non-hydrogen) atoms. The number of aromatic amines is 1. The summed E-state index contributed by atoms with van der Waals surface area (Å²) < 4.78 is 0. The third kappa shape index (κ3) is 5.66. The monoisotopic (exact) mass is 393 g/mol. The molecule has 0 unspecified atom stereocenters. The van der Waals surface area contributed by atoms with Crippen LogP contribution >= 0.6 is 0 Å². The molecule has 1 aliphatic rings. The van der Waals surface area contributed by atoms with Crippen LogP contribution in [0.1, 0.15) is 21.5 Å². The number of allylic oxidation sites excluding steroid dienone is 2. The summed E-state index contributed by atoms with van der Waals surface area (Å²) in [6, 6.07) is 9.15. The van der Waals surface area contributed by atoms with E-state index in [4.69, 9.17) is 0 Å². The van der Waals surface area contributed by atoms with E-state index in [0.717, 1.165) is 42.9 Å². The van der Waals surface area contributed by atoms with Crippen molar-refractivity contribution in [2.45, 2.75) is 6.54 Å². The zero-order valence-electron chi connectivity index (χ0n) is 16.8. The maximum Gasteiger partial charge on any atom is 0.271 e. The first-order valence-corrected chi connectivity index (χ1v) is 9.63. The molecule has 1 amide bonds. The first kappa shape index (κ1) is 20.6. The molecule has 0 atom stereocenters. The van der Waals surface area contributed by atoms with Gasteiger partial charge in [0, 0.05) is 37.9 Å². The highest BCUT2D eigenvalue weighted by Gasteiger charge is 2.11. The first-order valence-electron chi connectivity index (χ1n) is 9.63. The fourth-order valence-corrected chi connectivity index (χ4v) is 3.06. The van der Waals surface area contributed by atoms with Gasteiger partial charge in [0.25, 0.3) is 11.5 Å². The van der Waals surface area contributed by atoms with Crippen molar-refractivity contribution < 1.29 is 4.79 Å². The van der Waals surface area contributed by atoms with Gasteiger partial charge in [-0.05, 0) is 61.3 Å². The summed E-state index contributed by atoms with van der Waals surface area (Å²) in [6.07, 6.45) is 7.45. The molecule has 0 spiro atoms. The zero-order chi connectivity index (χ0) is 20.6. The maximum absolute atomic E-state index is 12.6. The van der Waals surface area contributed by atoms with Crippen molar-refractivity contribution in [2.75, 3.05) is 39.0 Å². The molecule has 1 aromatic carbocycles. The number of nitrogens with one attached hydrogen (secondary N) is 4. The molecule has 152 valence electrons. The number of pyridine rings is 1. The minimum Gasteiger partial charge on any atom is -0.387 e. The van der Waals surface area contributed by atoms with Gasteiger partial charge in [0.05, 0.1) is 0 Å². The second kappa shape index (κ2) is 9.86. The van der Waals surface area contributed by atoms with Crippen molar-refractivity contribution in [3.63, 3.8) is 0 Å². The number of anilines is 1. The molecule has 1 aliphatic heterocycles. The van der Waals surface area contributed by atoms with Gasteiger partial charge in [-0.3, -0.25) is 9.59 Å². The number of hydrogen-bond acceptors (Lipinski definition) is 5. The van der Waals surface area contributed by atoms with E-state index < -0.39 is 0 Å². The lowest BCUT2D eigenvalue weighted by atomic mass is 10.1. The summed E-state index contributed by atoms with van der Waals surface area (Å²) in [7, 11) is 3.99. The summed E-state index contributed by atoms with van der Waals surface area (Å²) in [5.74, 6) is -0.308. The average molecular weight is 393 g/mol. The third-order valence-electron chi connectivity index (χ3n) is 4.72. The summed E-state index contributed by atoms with van der Waals surface area (Å²) in [6.45, 7) is 3.40. The van der Waals surface area contributed by atoms with Crippen molar-refractivity contribution in [1.82, 2.24) is 20.5 Å². The van der Waals surface area contributed by atoms with Gasteiger partial charge in [-0.2, -0.15) is 0 Å². The Hall–Kier alpha value is -3.16. The van der Waals surface area contributed by atoms with Crippen molar-refractivity contribution in [1.29, 1.82) is 0 Å². The average Bonchev–Trinajstić information content (AvgIpc) is 2.75. The summed E-state index contributed by atoms with van der Waals surface area (Å²) in [5.41, 5.74) is 3.38. The van der Waals surface area contributed by atoms with E-state index in [-0.39, 0.29) is 17.2 Å². The summed E-state index contributed by atoms with van der Waals surface area (Å²) in [4.78, 5) is 29.7. The Morgan fingerprint density at radius 2 is 2.03 bits per heavy atom. The predicted molar refractivity (Wildman–Crippen MR) is 117 cm³/mol. The lowest BCUT2D eigenvalue weighted by Gasteiger charge is -2.16. The Morgan fingerprint density at radius 3 is 2.72 bits per heavy atom. The molecule has 0 fully saturated rings. The molecule has 0 aliphatic carbocycles. The molecule has 2 aromatic rings. The number of benzene rings is 1. The van der Waals surface area contributed by atoms with Crippen LogP contribution in [0.4, 0.5) is 5.69 Å². The molecule has 4 N–H and O–H groups in total. The van der Waals surface area contributed by atoms with E-state index in [1.165, 1.54) is 0 Å². The first-order chi connectivity index (χ1) is 14.1. The number of amides is 1. The van der Waals surface area contributed by atoms with Gasteiger partial charge in [0.1, 0.15) is 5.69 Å². The minimum absolute atomic E-state index is 0.233. The van der Waals surface area contributed by atoms with Crippen LogP contribution in [0.15, 0.2) is 59.7 Å². The van der Waals surface area contributed by atoms with Crippen LogP contribution in [-0.4, -0.2) is 49.5 Å². The van der Waals surface area contributed by atoms with Gasteiger partial charge >= 0.3 is 0 Å². The van der Waals surface area contributed by atoms with E-state index in [1.54, 1.807) is 24.4 Å². The molecular formula is C22H27N5O2. The number of carbonyl (C=O) groups is 1. The van der Waals surface area contributed by atoms with Gasteiger partial charge in [-0.1, -0.05) is 18.2 Å². The van der Waals surface area contributed by atoms with E-state index in [0.29, 0.717) is 5.56 Å². The molecule has 0 radical (unpaired) electrons. The lowest BCUT2D eigenvalue weighted by Crippen LogP contribution is -2.27. The van der Waals surface area contributed by atoms with E-state index in [1.807, 2.05) is 37.5 Å². The largest absolute Gasteiger partial charge is 0.387 e. The van der Waals surface area contributed by atoms with Crippen LogP contribution in [0.25, 0.3) is 5.57 Å². The molecular weight excluding hydrogens is 366 g/mol. The van der Waals surface area contributed by atoms with Gasteiger partial charge < -0.3 is 25.8 Å². The lowest BCUT2D eigenvalue weighted by molar-refractivity contribution is 0.102. The Bertz CT molecular complexity index is 960. The fraction of sp³-hybridized carbons (Fsp3) is 0.273. The van der Waals surface area contributed by atoms with Crippen LogP contribution in [0.3, 0.4) is 0 Å². The van der Waals surface area contributed by atoms with Gasteiger partial charge in [0.15, 0.2) is 0 Å². The van der Waals surface area contributed by atoms with Crippen LogP contribution in [0, 0.1) is 0 Å². The van der Waals surface area contributed by atoms with Crippen LogP contribution in [-0.2, 0) is 6.54 Å². The van der Waals surface area contributed by atoms with Crippen molar-refractivity contribution >= 4 is 17.2 Å². The number of H-pyrrole nitrogens is 1. The second-order valence-electron chi connectivity index (χ2n) is 7.02. The number of aromatic nitrogens is 1. The number of hydrogen-bond donors (Lipinski definition) is 4. The zero-order valence-corrected chi connectivity index (χ0v) is 16.8. The van der Waals surface area contributed by atoms with Crippen LogP contribution in [0.2, 0.25) is 0 Å². The molecule has 7 heteroatoms. The maximum atomic E-state index is 12.6. The van der Waals surface area contributed by atoms with E-state index in [2.05, 4.69) is 32.9 Å². The molecule has 1 aromatic heterocycles. The Labute approximate surface area is 170 Å². The Balaban J connectivity index is 1.68. The third-order valence-corrected chi connectivity index (χ3v) is 4.72. The van der Waals surface area contributed by atoms with Gasteiger partial charge in [-0.15, -0.1) is 0 Å². The van der Waals surface area contributed by atoms with Gasteiger partial charge in [0.2, 0.25) is 0 Å². The quantitative estimate of drug-likeness (QED) is 0.549. The van der Waals surface area contributed by atoms with E-state index in [9.17, 15) is 9.59 Å². The van der Waals surface area contributed by atoms with E-state index >= 15 is 0 Å². The fourth-order valence-electron chi connectivity index (χ4n) is 3.06. The second-order valence-corrected chi connectivity index (χ2v) is 7.02. The van der Waals surface area contributed by atoms with Crippen molar-refractivity contribution in [3.8, 4) is 0 Å². The van der Waals surface area contributed by atoms with Crippen molar-refractivity contribution in [2.24, 2.45) is 0 Å². The Morgan fingerprint density at radius 1 is 1.24 bits per heavy atom. The molecule has 2 heterocycles. The predicted octanol–water partition coefficient (Wildman–Crippen LogP) is 1.78. The highest BCUT2D eigenvalue weighted by atomic mass is 16.2. The van der Waals surface area contributed by atoms with Crippen LogP contribution < -0.4 is 21.5 Å². The number of likely N-dealkylation sites (N-methyl/N-ethyl adjacent to an activating group) is 2. The minimum atomic E-state index is -0.330. The molecule has 7 nitrogen and oxygen atoms in total. The summed E-state index contributed by atoms with van der Waals surface area (Å²) in [5, 5.41) is 8.94. The molecule has 0 saturated carbocycles. The normalized spacial score (nSPS) is 13.1. The number of dihydropyridines is 1. The highest BCUT2D eigenvalue weighted by molar-refractivity contribution is 6.04. The SMILES string of the molecule is CNCCN(C)Cc1ccc(C(=O)Nc2cc(C3=CCNC=C3)c[nH]c2=O)cc1. The Kier molecular flexibility index (Phi) is 6.99. The number of nitrogens with zero attached hydrogens (tertiary/aromatic N) is 1. The van der Waals surface area contributed by atoms with Crippen LogP contribution in [0.5, 0.6) is 0 Å². The standard InChI is InChI=1S/C22H27N5O2/c1-23-11-12-27(2)15-16-3-5-18(6-4-16)21(28)26-20-13-19(14-25-22(20)29)17-7-9-24-10-8-17/h3-9,13-14,23-24H,10-12,15H2,1-2H3,(H,25,29)(H,26,28). The molecule has 3 rings (SSSR count). The smallest absolute Gasteiger partial charge is 0.271 e. The molecule has 0 bridgehead atoms. The number of carbonyl (C=O) groups excluding carboxylic acids is 1.